The van der Waals surface area contributed by atoms with Gasteiger partial charge in [-0.05, 0) is 43.4 Å². The van der Waals surface area contributed by atoms with Crippen LogP contribution in [0, 0.1) is 5.82 Å². The molecule has 2 aliphatic rings. The Kier molecular flexibility index (Phi) is 5.01. The summed E-state index contributed by atoms with van der Waals surface area (Å²) in [5.41, 5.74) is -0.127. The summed E-state index contributed by atoms with van der Waals surface area (Å²) in [6, 6.07) is 6.20. The van der Waals surface area contributed by atoms with Gasteiger partial charge >= 0.3 is 0 Å². The minimum absolute atomic E-state index is 0.356. The standard InChI is InChI=1S/C16H23FN2O3S/c17-15-6-4-5-14(13-15)16(7-11-22-12-8-16)18-23(20,21)19-9-2-1-3-10-19/h4-6,13,18H,1-3,7-12H2. The van der Waals surface area contributed by atoms with Gasteiger partial charge in [-0.25, -0.2) is 4.39 Å². The number of hydrogen-bond acceptors (Lipinski definition) is 3. The first kappa shape index (κ1) is 16.8. The van der Waals surface area contributed by atoms with Gasteiger partial charge in [0.15, 0.2) is 0 Å². The van der Waals surface area contributed by atoms with Crippen molar-refractivity contribution in [3.63, 3.8) is 0 Å². The minimum atomic E-state index is -3.60. The molecule has 2 fully saturated rings. The molecule has 23 heavy (non-hydrogen) atoms. The first-order valence-corrected chi connectivity index (χ1v) is 9.59. The highest BCUT2D eigenvalue weighted by Gasteiger charge is 2.40. The van der Waals surface area contributed by atoms with E-state index in [0.717, 1.165) is 19.3 Å². The van der Waals surface area contributed by atoms with Crippen LogP contribution in [0.25, 0.3) is 0 Å². The third-order valence-corrected chi connectivity index (χ3v) is 6.40. The number of rotatable bonds is 4. The van der Waals surface area contributed by atoms with Crippen LogP contribution in [0.1, 0.15) is 37.7 Å². The van der Waals surface area contributed by atoms with E-state index >= 15 is 0 Å². The molecule has 1 aromatic carbocycles. The maximum absolute atomic E-state index is 13.7. The molecule has 0 aromatic heterocycles. The Balaban J connectivity index is 1.90. The summed E-state index contributed by atoms with van der Waals surface area (Å²) in [6.45, 7) is 2.01. The Bertz CT molecular complexity index is 638. The van der Waals surface area contributed by atoms with Crippen LogP contribution in [-0.2, 0) is 20.5 Å². The molecule has 3 rings (SSSR count). The molecule has 5 nitrogen and oxygen atoms in total. The first-order valence-electron chi connectivity index (χ1n) is 8.15. The van der Waals surface area contributed by atoms with Gasteiger partial charge in [-0.15, -0.1) is 0 Å². The minimum Gasteiger partial charge on any atom is -0.381 e. The summed E-state index contributed by atoms with van der Waals surface area (Å²) in [5.74, 6) is -0.356. The fourth-order valence-corrected chi connectivity index (χ4v) is 5.06. The Morgan fingerprint density at radius 1 is 1.13 bits per heavy atom. The summed E-state index contributed by atoms with van der Waals surface area (Å²) >= 11 is 0. The van der Waals surface area contributed by atoms with Gasteiger partial charge in [0, 0.05) is 26.3 Å². The number of ether oxygens (including phenoxy) is 1. The molecule has 7 heteroatoms. The predicted molar refractivity (Wildman–Crippen MR) is 85.6 cm³/mol. The number of hydrogen-bond donors (Lipinski definition) is 1. The van der Waals surface area contributed by atoms with Gasteiger partial charge in [-0.2, -0.15) is 17.4 Å². The number of nitrogens with zero attached hydrogens (tertiary/aromatic N) is 1. The lowest BCUT2D eigenvalue weighted by molar-refractivity contribution is 0.0450. The van der Waals surface area contributed by atoms with Crippen molar-refractivity contribution in [1.29, 1.82) is 0 Å². The second-order valence-electron chi connectivity index (χ2n) is 6.27. The number of halogens is 1. The quantitative estimate of drug-likeness (QED) is 0.912. The van der Waals surface area contributed by atoms with Crippen molar-refractivity contribution in [3.05, 3.63) is 35.6 Å². The predicted octanol–water partition coefficient (Wildman–Crippen LogP) is 2.15. The summed E-state index contributed by atoms with van der Waals surface area (Å²) in [4.78, 5) is 0. The summed E-state index contributed by atoms with van der Waals surface area (Å²) in [7, 11) is -3.60. The molecule has 1 aromatic rings. The molecule has 2 heterocycles. The SMILES string of the molecule is O=S(=O)(NC1(c2cccc(F)c2)CCOCC1)N1CCCCC1. The summed E-state index contributed by atoms with van der Waals surface area (Å²) in [5, 5.41) is 0. The maximum atomic E-state index is 13.7. The van der Waals surface area contributed by atoms with Crippen molar-refractivity contribution in [1.82, 2.24) is 9.03 Å². The highest BCUT2D eigenvalue weighted by Crippen LogP contribution is 2.34. The Labute approximate surface area is 137 Å². The third kappa shape index (κ3) is 3.74. The van der Waals surface area contributed by atoms with E-state index < -0.39 is 15.7 Å². The maximum Gasteiger partial charge on any atom is 0.280 e. The van der Waals surface area contributed by atoms with Crippen molar-refractivity contribution < 1.29 is 17.5 Å². The van der Waals surface area contributed by atoms with Crippen LogP contribution < -0.4 is 4.72 Å². The van der Waals surface area contributed by atoms with Gasteiger partial charge in [-0.3, -0.25) is 0 Å². The van der Waals surface area contributed by atoms with Crippen molar-refractivity contribution in [2.75, 3.05) is 26.3 Å². The Hall–Kier alpha value is -1.02. The lowest BCUT2D eigenvalue weighted by Gasteiger charge is -2.40. The molecule has 0 aliphatic carbocycles. The van der Waals surface area contributed by atoms with E-state index in [1.165, 1.54) is 16.4 Å². The normalized spacial score (nSPS) is 22.8. The van der Waals surface area contributed by atoms with Gasteiger partial charge in [0.2, 0.25) is 0 Å². The zero-order valence-electron chi connectivity index (χ0n) is 13.1. The second kappa shape index (κ2) is 6.84. The molecule has 128 valence electrons. The van der Waals surface area contributed by atoms with Gasteiger partial charge in [0.05, 0.1) is 5.54 Å². The van der Waals surface area contributed by atoms with E-state index in [1.54, 1.807) is 12.1 Å². The Morgan fingerprint density at radius 2 is 1.83 bits per heavy atom. The summed E-state index contributed by atoms with van der Waals surface area (Å²) < 4.78 is 49.0. The van der Waals surface area contributed by atoms with Gasteiger partial charge in [0.1, 0.15) is 5.82 Å². The van der Waals surface area contributed by atoms with Crippen molar-refractivity contribution in [2.45, 2.75) is 37.6 Å². The molecule has 0 saturated carbocycles. The topological polar surface area (TPSA) is 58.6 Å². The molecular formula is C16H23FN2O3S. The largest absolute Gasteiger partial charge is 0.381 e. The average Bonchev–Trinajstić information content (AvgIpc) is 2.56. The number of nitrogens with one attached hydrogen (secondary N) is 1. The second-order valence-corrected chi connectivity index (χ2v) is 7.94. The van der Waals surface area contributed by atoms with Crippen molar-refractivity contribution in [3.8, 4) is 0 Å². The molecular weight excluding hydrogens is 319 g/mol. The van der Waals surface area contributed by atoms with Crippen LogP contribution in [0.5, 0.6) is 0 Å². The zero-order valence-corrected chi connectivity index (χ0v) is 13.9. The highest BCUT2D eigenvalue weighted by molar-refractivity contribution is 7.87. The zero-order chi connectivity index (χ0) is 16.3. The van der Waals surface area contributed by atoms with Crippen LogP contribution >= 0.6 is 0 Å². The monoisotopic (exact) mass is 342 g/mol. The lowest BCUT2D eigenvalue weighted by atomic mass is 9.84. The molecule has 0 bridgehead atoms. The van der Waals surface area contributed by atoms with Gasteiger partial charge in [0.25, 0.3) is 10.2 Å². The van der Waals surface area contributed by atoms with Crippen molar-refractivity contribution in [2.24, 2.45) is 0 Å². The van der Waals surface area contributed by atoms with Gasteiger partial charge < -0.3 is 4.74 Å². The lowest BCUT2D eigenvalue weighted by Crippen LogP contribution is -2.54. The van der Waals surface area contributed by atoms with E-state index in [-0.39, 0.29) is 5.82 Å². The van der Waals surface area contributed by atoms with Crippen molar-refractivity contribution >= 4 is 10.2 Å². The van der Waals surface area contributed by atoms with E-state index in [9.17, 15) is 12.8 Å². The first-order chi connectivity index (χ1) is 11.0. The van der Waals surface area contributed by atoms with Crippen LogP contribution in [0.4, 0.5) is 4.39 Å². The van der Waals surface area contributed by atoms with Gasteiger partial charge in [-0.1, -0.05) is 18.6 Å². The van der Waals surface area contributed by atoms with Crippen LogP contribution in [0.2, 0.25) is 0 Å². The fraction of sp³-hybridized carbons (Fsp3) is 0.625. The average molecular weight is 342 g/mol. The van der Waals surface area contributed by atoms with E-state index in [2.05, 4.69) is 4.72 Å². The van der Waals surface area contributed by atoms with E-state index in [0.29, 0.717) is 44.7 Å². The number of benzene rings is 1. The molecule has 2 aliphatic heterocycles. The summed E-state index contributed by atoms with van der Waals surface area (Å²) in [6.07, 6.45) is 3.84. The molecule has 0 amide bonds. The molecule has 0 unspecified atom stereocenters. The third-order valence-electron chi connectivity index (χ3n) is 4.70. The molecule has 2 saturated heterocycles. The highest BCUT2D eigenvalue weighted by atomic mass is 32.2. The van der Waals surface area contributed by atoms with Crippen LogP contribution in [0.15, 0.2) is 24.3 Å². The molecule has 0 spiro atoms. The molecule has 0 atom stereocenters. The fourth-order valence-electron chi connectivity index (χ4n) is 3.37. The van der Waals surface area contributed by atoms with E-state index in [4.69, 9.17) is 4.74 Å². The van der Waals surface area contributed by atoms with Crippen LogP contribution in [-0.4, -0.2) is 39.0 Å². The molecule has 1 N–H and O–H groups in total. The smallest absolute Gasteiger partial charge is 0.280 e. The molecule has 0 radical (unpaired) electrons. The Morgan fingerprint density at radius 3 is 2.48 bits per heavy atom. The van der Waals surface area contributed by atoms with Crippen LogP contribution in [0.3, 0.4) is 0 Å². The number of piperidine rings is 1. The van der Waals surface area contributed by atoms with E-state index in [1.807, 2.05) is 0 Å².